The van der Waals surface area contributed by atoms with Gasteiger partial charge in [-0.15, -0.1) is 0 Å². The number of nitrogens with one attached hydrogen (secondary N) is 2. The van der Waals surface area contributed by atoms with E-state index >= 15 is 0 Å². The maximum Gasteiger partial charge on any atom is 0.253 e. The van der Waals surface area contributed by atoms with Gasteiger partial charge < -0.3 is 5.32 Å². The van der Waals surface area contributed by atoms with Crippen molar-refractivity contribution >= 4 is 27.5 Å². The molecule has 8 nitrogen and oxygen atoms in total. The molecule has 0 aliphatic carbocycles. The highest BCUT2D eigenvalue weighted by molar-refractivity contribution is 7.89. The number of hydrogen-bond donors (Lipinski definition) is 2. The molecular weight excluding hydrogens is 421 g/mol. The summed E-state index contributed by atoms with van der Waals surface area (Å²) in [5, 5.41) is 2.37. The van der Waals surface area contributed by atoms with Gasteiger partial charge in [-0.3, -0.25) is 9.78 Å². The number of hydrogen-bond acceptors (Lipinski definition) is 6. The van der Waals surface area contributed by atoms with E-state index in [1.165, 1.54) is 18.3 Å². The molecule has 2 heterocycles. The van der Waals surface area contributed by atoms with Gasteiger partial charge in [0.2, 0.25) is 10.0 Å². The smallest absolute Gasteiger partial charge is 0.253 e. The Morgan fingerprint density at radius 2 is 1.83 bits per heavy atom. The summed E-state index contributed by atoms with van der Waals surface area (Å²) < 4.78 is 40.1. The van der Waals surface area contributed by atoms with Gasteiger partial charge >= 0.3 is 0 Å². The van der Waals surface area contributed by atoms with E-state index in [0.29, 0.717) is 17.1 Å². The highest BCUT2D eigenvalue weighted by Crippen LogP contribution is 2.19. The molecule has 29 heavy (non-hydrogen) atoms. The molecule has 2 aromatic heterocycles. The molecule has 11 heteroatoms. The molecule has 0 atom stereocenters. The molecule has 0 aliphatic rings. The zero-order chi connectivity index (χ0) is 20.9. The Morgan fingerprint density at radius 1 is 1.07 bits per heavy atom. The summed E-state index contributed by atoms with van der Waals surface area (Å²) >= 11 is 5.62. The minimum Gasteiger partial charge on any atom is -0.345 e. The number of benzene rings is 1. The van der Waals surface area contributed by atoms with Gasteiger partial charge in [-0.05, 0) is 36.4 Å². The van der Waals surface area contributed by atoms with E-state index in [1.54, 1.807) is 18.5 Å². The summed E-state index contributed by atoms with van der Waals surface area (Å²) in [6.45, 7) is 0.0541. The van der Waals surface area contributed by atoms with Gasteiger partial charge in [-0.25, -0.2) is 27.5 Å². The van der Waals surface area contributed by atoms with Crippen molar-refractivity contribution < 1.29 is 17.6 Å². The van der Waals surface area contributed by atoms with Gasteiger partial charge in [-0.1, -0.05) is 11.6 Å². The average Bonchev–Trinajstić information content (AvgIpc) is 2.73. The molecule has 3 aromatic rings. The number of nitrogens with zero attached hydrogens (tertiary/aromatic N) is 3. The Hall–Kier alpha value is -2.95. The molecule has 0 bridgehead atoms. The van der Waals surface area contributed by atoms with Crippen molar-refractivity contribution in [3.05, 3.63) is 82.9 Å². The summed E-state index contributed by atoms with van der Waals surface area (Å²) in [6, 6.07) is 7.83. The molecular formula is C18H15ClFN5O3S. The number of rotatable bonds is 7. The van der Waals surface area contributed by atoms with E-state index in [1.807, 2.05) is 0 Å². The van der Waals surface area contributed by atoms with Crippen LogP contribution in [0.15, 0.2) is 59.9 Å². The second-order valence-electron chi connectivity index (χ2n) is 5.79. The molecule has 0 radical (unpaired) electrons. The monoisotopic (exact) mass is 435 g/mol. The number of carbonyl (C=O) groups is 1. The first kappa shape index (κ1) is 20.8. The highest BCUT2D eigenvalue weighted by Gasteiger charge is 2.16. The van der Waals surface area contributed by atoms with Crippen LogP contribution in [-0.2, 0) is 23.1 Å². The quantitative estimate of drug-likeness (QED) is 0.587. The molecule has 0 saturated carbocycles. The molecule has 150 valence electrons. The summed E-state index contributed by atoms with van der Waals surface area (Å²) in [7, 11) is -3.90. The molecule has 0 aliphatic heterocycles. The third-order valence-corrected chi connectivity index (χ3v) is 5.45. The Bertz CT molecular complexity index is 1110. The van der Waals surface area contributed by atoms with Crippen LogP contribution in [0.3, 0.4) is 0 Å². The lowest BCUT2D eigenvalue weighted by atomic mass is 10.2. The van der Waals surface area contributed by atoms with Crippen LogP contribution in [0.1, 0.15) is 21.9 Å². The van der Waals surface area contributed by atoms with Gasteiger partial charge in [0.05, 0.1) is 34.3 Å². The number of pyridine rings is 1. The van der Waals surface area contributed by atoms with Crippen LogP contribution in [0.5, 0.6) is 0 Å². The van der Waals surface area contributed by atoms with Crippen LogP contribution in [0.2, 0.25) is 5.02 Å². The van der Waals surface area contributed by atoms with Crippen molar-refractivity contribution in [3.63, 3.8) is 0 Å². The summed E-state index contributed by atoms with van der Waals surface area (Å²) in [5.74, 6) is -0.598. The van der Waals surface area contributed by atoms with Gasteiger partial charge in [-0.2, -0.15) is 0 Å². The first-order valence-electron chi connectivity index (χ1n) is 8.29. The fourth-order valence-corrected chi connectivity index (χ4v) is 3.51. The fourth-order valence-electron chi connectivity index (χ4n) is 2.24. The third-order valence-electron chi connectivity index (χ3n) is 3.76. The number of amides is 1. The van der Waals surface area contributed by atoms with Crippen LogP contribution < -0.4 is 10.0 Å². The Balaban J connectivity index is 1.58. The third kappa shape index (κ3) is 5.53. The van der Waals surface area contributed by atoms with E-state index in [-0.39, 0.29) is 28.9 Å². The maximum atomic E-state index is 13.2. The van der Waals surface area contributed by atoms with Crippen LogP contribution in [0.4, 0.5) is 4.39 Å². The maximum absolute atomic E-state index is 13.2. The number of halogens is 2. The molecule has 0 fully saturated rings. The Kier molecular flexibility index (Phi) is 6.47. The predicted molar refractivity (Wildman–Crippen MR) is 103 cm³/mol. The lowest BCUT2D eigenvalue weighted by molar-refractivity contribution is 0.0949. The minimum absolute atomic E-state index is 0.114. The standard InChI is InChI=1S/C18H15ClFN5O3S/c19-15-8-14(4-5-16(15)20)29(27,28)25-10-13-3-2-12(9-23-13)18(26)24-11-17-21-6-1-7-22-17/h1-9,25H,10-11H2,(H,24,26). The summed E-state index contributed by atoms with van der Waals surface area (Å²) in [5.41, 5.74) is 0.697. The molecule has 0 unspecified atom stereocenters. The number of sulfonamides is 1. The Labute approximate surface area is 171 Å². The van der Waals surface area contributed by atoms with Crippen LogP contribution in [-0.4, -0.2) is 29.3 Å². The number of aromatic nitrogens is 3. The van der Waals surface area contributed by atoms with Crippen molar-refractivity contribution in [2.45, 2.75) is 18.0 Å². The average molecular weight is 436 g/mol. The zero-order valence-electron chi connectivity index (χ0n) is 14.8. The molecule has 1 amide bonds. The van der Waals surface area contributed by atoms with E-state index in [2.05, 4.69) is 25.0 Å². The second-order valence-corrected chi connectivity index (χ2v) is 7.96. The van der Waals surface area contributed by atoms with Gasteiger partial charge in [0.15, 0.2) is 0 Å². The van der Waals surface area contributed by atoms with E-state index in [0.717, 1.165) is 18.2 Å². The zero-order valence-corrected chi connectivity index (χ0v) is 16.4. The van der Waals surface area contributed by atoms with Gasteiger partial charge in [0.25, 0.3) is 5.91 Å². The van der Waals surface area contributed by atoms with Crippen molar-refractivity contribution in [1.29, 1.82) is 0 Å². The summed E-state index contributed by atoms with van der Waals surface area (Å²) in [4.78, 5) is 24.1. The molecule has 1 aromatic carbocycles. The predicted octanol–water partition coefficient (Wildman–Crippen LogP) is 2.07. The lowest BCUT2D eigenvalue weighted by Crippen LogP contribution is -2.25. The Morgan fingerprint density at radius 3 is 2.48 bits per heavy atom. The van der Waals surface area contributed by atoms with E-state index < -0.39 is 15.8 Å². The van der Waals surface area contributed by atoms with Crippen molar-refractivity contribution in [2.24, 2.45) is 0 Å². The van der Waals surface area contributed by atoms with Crippen LogP contribution in [0, 0.1) is 5.82 Å². The van der Waals surface area contributed by atoms with Crippen molar-refractivity contribution in [2.75, 3.05) is 0 Å². The summed E-state index contributed by atoms with van der Waals surface area (Å²) in [6.07, 6.45) is 4.48. The van der Waals surface area contributed by atoms with Gasteiger partial charge in [0.1, 0.15) is 11.6 Å². The lowest BCUT2D eigenvalue weighted by Gasteiger charge is -2.08. The first-order valence-corrected chi connectivity index (χ1v) is 10.1. The normalized spacial score (nSPS) is 11.2. The largest absolute Gasteiger partial charge is 0.345 e. The highest BCUT2D eigenvalue weighted by atomic mass is 35.5. The first-order chi connectivity index (χ1) is 13.8. The SMILES string of the molecule is O=C(NCc1ncccn1)c1ccc(CNS(=O)(=O)c2ccc(F)c(Cl)c2)nc1. The fraction of sp³-hybridized carbons (Fsp3) is 0.111. The minimum atomic E-state index is -3.90. The van der Waals surface area contributed by atoms with Crippen LogP contribution >= 0.6 is 11.6 Å². The topological polar surface area (TPSA) is 114 Å². The van der Waals surface area contributed by atoms with Crippen molar-refractivity contribution in [3.8, 4) is 0 Å². The molecule has 0 saturated heterocycles. The molecule has 2 N–H and O–H groups in total. The number of carbonyl (C=O) groups excluding carboxylic acids is 1. The van der Waals surface area contributed by atoms with E-state index in [9.17, 15) is 17.6 Å². The molecule has 0 spiro atoms. The van der Waals surface area contributed by atoms with E-state index in [4.69, 9.17) is 11.6 Å². The van der Waals surface area contributed by atoms with Crippen LogP contribution in [0.25, 0.3) is 0 Å². The van der Waals surface area contributed by atoms with Crippen molar-refractivity contribution in [1.82, 2.24) is 25.0 Å². The second kappa shape index (κ2) is 9.03. The van der Waals surface area contributed by atoms with Gasteiger partial charge in [0, 0.05) is 18.6 Å². The molecule has 3 rings (SSSR count).